The Morgan fingerprint density at radius 1 is 0.455 bits per heavy atom. The lowest BCUT2D eigenvalue weighted by atomic mass is 10.2. The molecule has 0 bridgehead atoms. The molecule has 1 aliphatic heterocycles. The molecule has 1 fully saturated rings. The Morgan fingerprint density at radius 3 is 1.23 bits per heavy atom. The number of rotatable bonds is 18. The molecule has 0 unspecified atom stereocenters. The van der Waals surface area contributed by atoms with E-state index in [-0.39, 0.29) is 0 Å². The van der Waals surface area contributed by atoms with Crippen LogP contribution in [-0.2, 0) is 26.3 Å². The van der Waals surface area contributed by atoms with Gasteiger partial charge in [0.25, 0.3) is 0 Å². The van der Waals surface area contributed by atoms with Crippen LogP contribution in [0.2, 0.25) is 0 Å². The van der Waals surface area contributed by atoms with Crippen LogP contribution in [0.25, 0.3) is 0 Å². The number of ether oxygens (including phenoxy) is 2. The third-order valence-corrected chi connectivity index (χ3v) is 8.12. The highest BCUT2D eigenvalue weighted by molar-refractivity contribution is 5.29. The van der Waals surface area contributed by atoms with Crippen LogP contribution >= 0.6 is 0 Å². The molecule has 1 heterocycles. The molecule has 0 atom stereocenters. The number of hydrogen-bond acceptors (Lipinski definition) is 6. The fourth-order valence-corrected chi connectivity index (χ4v) is 5.45. The fourth-order valence-electron chi connectivity index (χ4n) is 5.45. The standard InChI is InChI=1S/C38H48N4O2/c1-3-9-35(10-4-1)31-43-37-17-13-33(14-18-37)29-39-21-7-23-41-25-27-42(28-26-41)24-8-22-40-30-34-15-19-38(20-16-34)44-32-36-11-5-2-6-12-36/h1-6,9-20,39-40H,7-8,21-32H2. The van der Waals surface area contributed by atoms with Crippen LogP contribution in [0.1, 0.15) is 35.1 Å². The second kappa shape index (κ2) is 18.2. The zero-order valence-corrected chi connectivity index (χ0v) is 26.0. The van der Waals surface area contributed by atoms with Crippen molar-refractivity contribution in [3.8, 4) is 11.5 Å². The number of hydrogen-bond donors (Lipinski definition) is 2. The second-order valence-electron chi connectivity index (χ2n) is 11.6. The van der Waals surface area contributed by atoms with Crippen molar-refractivity contribution in [1.29, 1.82) is 0 Å². The summed E-state index contributed by atoms with van der Waals surface area (Å²) >= 11 is 0. The molecule has 2 N–H and O–H groups in total. The molecule has 0 aliphatic carbocycles. The molecule has 4 aromatic rings. The van der Waals surface area contributed by atoms with Gasteiger partial charge < -0.3 is 29.9 Å². The average Bonchev–Trinajstić information content (AvgIpc) is 3.09. The van der Waals surface area contributed by atoms with Crippen molar-refractivity contribution >= 4 is 0 Å². The van der Waals surface area contributed by atoms with Gasteiger partial charge >= 0.3 is 0 Å². The van der Waals surface area contributed by atoms with Crippen molar-refractivity contribution in [3.63, 3.8) is 0 Å². The summed E-state index contributed by atoms with van der Waals surface area (Å²) in [6.07, 6.45) is 2.37. The average molecular weight is 593 g/mol. The number of piperazine rings is 1. The van der Waals surface area contributed by atoms with Crippen molar-refractivity contribution in [2.75, 3.05) is 52.4 Å². The molecule has 0 spiro atoms. The summed E-state index contributed by atoms with van der Waals surface area (Å²) in [6.45, 7) is 12.1. The summed E-state index contributed by atoms with van der Waals surface area (Å²) in [7, 11) is 0. The molecule has 6 nitrogen and oxygen atoms in total. The minimum atomic E-state index is 0.604. The molecule has 6 heteroatoms. The molecule has 4 aromatic carbocycles. The molecule has 44 heavy (non-hydrogen) atoms. The number of nitrogens with one attached hydrogen (secondary N) is 2. The summed E-state index contributed by atoms with van der Waals surface area (Å²) in [5.41, 5.74) is 4.96. The topological polar surface area (TPSA) is 49.0 Å². The Balaban J connectivity index is 0.847. The van der Waals surface area contributed by atoms with E-state index in [9.17, 15) is 0 Å². The van der Waals surface area contributed by atoms with E-state index in [1.165, 1.54) is 74.4 Å². The highest BCUT2D eigenvalue weighted by Crippen LogP contribution is 2.15. The quantitative estimate of drug-likeness (QED) is 0.136. The van der Waals surface area contributed by atoms with Crippen LogP contribution in [0.4, 0.5) is 0 Å². The molecule has 0 amide bonds. The lowest BCUT2D eigenvalue weighted by Gasteiger charge is -2.34. The van der Waals surface area contributed by atoms with Crippen LogP contribution in [0.5, 0.6) is 11.5 Å². The van der Waals surface area contributed by atoms with Crippen molar-refractivity contribution < 1.29 is 9.47 Å². The van der Waals surface area contributed by atoms with E-state index in [1.54, 1.807) is 0 Å². The summed E-state index contributed by atoms with van der Waals surface area (Å²) < 4.78 is 11.8. The molecular formula is C38H48N4O2. The zero-order valence-electron chi connectivity index (χ0n) is 26.0. The highest BCUT2D eigenvalue weighted by Gasteiger charge is 2.15. The molecule has 0 aromatic heterocycles. The molecule has 5 rings (SSSR count). The maximum Gasteiger partial charge on any atom is 0.119 e. The Bertz CT molecular complexity index is 1200. The van der Waals surface area contributed by atoms with Gasteiger partial charge in [-0.05, 0) is 85.5 Å². The van der Waals surface area contributed by atoms with Crippen molar-refractivity contribution in [3.05, 3.63) is 131 Å². The van der Waals surface area contributed by atoms with E-state index in [0.29, 0.717) is 13.2 Å². The Morgan fingerprint density at radius 2 is 0.841 bits per heavy atom. The van der Waals surface area contributed by atoms with Gasteiger partial charge in [0.1, 0.15) is 24.7 Å². The predicted molar refractivity (Wildman–Crippen MR) is 180 cm³/mol. The van der Waals surface area contributed by atoms with E-state index in [4.69, 9.17) is 9.47 Å². The van der Waals surface area contributed by atoms with Crippen LogP contribution in [0.15, 0.2) is 109 Å². The minimum Gasteiger partial charge on any atom is -0.489 e. The maximum atomic E-state index is 5.90. The van der Waals surface area contributed by atoms with Gasteiger partial charge in [0.15, 0.2) is 0 Å². The first-order chi connectivity index (χ1) is 21.8. The summed E-state index contributed by atoms with van der Waals surface area (Å²) in [6, 6.07) is 37.5. The van der Waals surface area contributed by atoms with Crippen molar-refractivity contribution in [2.45, 2.75) is 39.1 Å². The second-order valence-corrected chi connectivity index (χ2v) is 11.6. The highest BCUT2D eigenvalue weighted by atomic mass is 16.5. The smallest absolute Gasteiger partial charge is 0.119 e. The van der Waals surface area contributed by atoms with Crippen LogP contribution in [-0.4, -0.2) is 62.2 Å². The predicted octanol–water partition coefficient (Wildman–Crippen LogP) is 6.12. The third kappa shape index (κ3) is 11.4. The molecule has 0 saturated carbocycles. The Labute approximate surface area is 264 Å². The Hall–Kier alpha value is -3.68. The van der Waals surface area contributed by atoms with Gasteiger partial charge in [-0.3, -0.25) is 0 Å². The Kier molecular flexibility index (Phi) is 13.1. The van der Waals surface area contributed by atoms with Gasteiger partial charge in [0, 0.05) is 39.3 Å². The zero-order chi connectivity index (χ0) is 30.1. The summed E-state index contributed by atoms with van der Waals surface area (Å²) in [4.78, 5) is 5.23. The van der Waals surface area contributed by atoms with Crippen LogP contribution in [0, 0.1) is 0 Å². The van der Waals surface area contributed by atoms with Crippen molar-refractivity contribution in [1.82, 2.24) is 20.4 Å². The molecule has 232 valence electrons. The van der Waals surface area contributed by atoms with E-state index >= 15 is 0 Å². The summed E-state index contributed by atoms with van der Waals surface area (Å²) in [5.74, 6) is 1.83. The minimum absolute atomic E-state index is 0.604. The normalized spacial score (nSPS) is 14.0. The first kappa shape index (κ1) is 31.7. The molecular weight excluding hydrogens is 544 g/mol. The number of nitrogens with zero attached hydrogens (tertiary/aromatic N) is 2. The third-order valence-electron chi connectivity index (χ3n) is 8.12. The fraction of sp³-hybridized carbons (Fsp3) is 0.368. The lowest BCUT2D eigenvalue weighted by molar-refractivity contribution is 0.130. The molecule has 0 radical (unpaired) electrons. The lowest BCUT2D eigenvalue weighted by Crippen LogP contribution is -2.47. The summed E-state index contributed by atoms with van der Waals surface area (Å²) in [5, 5.41) is 7.20. The molecule has 1 aliphatic rings. The van der Waals surface area contributed by atoms with E-state index < -0.39 is 0 Å². The van der Waals surface area contributed by atoms with E-state index in [1.807, 2.05) is 36.4 Å². The van der Waals surface area contributed by atoms with E-state index in [0.717, 1.165) is 37.7 Å². The van der Waals surface area contributed by atoms with Crippen LogP contribution < -0.4 is 20.1 Å². The molecule has 1 saturated heterocycles. The first-order valence-corrected chi connectivity index (χ1v) is 16.2. The van der Waals surface area contributed by atoms with Crippen molar-refractivity contribution in [2.24, 2.45) is 0 Å². The van der Waals surface area contributed by atoms with Crippen LogP contribution in [0.3, 0.4) is 0 Å². The SMILES string of the molecule is c1ccc(COc2ccc(CNCCCN3CCN(CCCNCc4ccc(OCc5ccccc5)cc4)CC3)cc2)cc1. The van der Waals surface area contributed by atoms with Gasteiger partial charge in [-0.1, -0.05) is 84.9 Å². The van der Waals surface area contributed by atoms with Gasteiger partial charge in [-0.15, -0.1) is 0 Å². The largest absolute Gasteiger partial charge is 0.489 e. The monoisotopic (exact) mass is 592 g/mol. The van der Waals surface area contributed by atoms with Gasteiger partial charge in [0.2, 0.25) is 0 Å². The van der Waals surface area contributed by atoms with Gasteiger partial charge in [0.05, 0.1) is 0 Å². The van der Waals surface area contributed by atoms with Gasteiger partial charge in [-0.25, -0.2) is 0 Å². The number of benzene rings is 4. The van der Waals surface area contributed by atoms with E-state index in [2.05, 4.69) is 93.2 Å². The first-order valence-electron chi connectivity index (χ1n) is 16.2. The maximum absolute atomic E-state index is 5.90. The van der Waals surface area contributed by atoms with Gasteiger partial charge in [-0.2, -0.15) is 0 Å².